The Kier molecular flexibility index (Phi) is 8.30. The molecule has 1 aliphatic rings. The van der Waals surface area contributed by atoms with Crippen LogP contribution in [0.3, 0.4) is 0 Å². The summed E-state index contributed by atoms with van der Waals surface area (Å²) in [5.41, 5.74) is 4.29. The quantitative estimate of drug-likeness (QED) is 0.565. The van der Waals surface area contributed by atoms with Crippen molar-refractivity contribution in [3.63, 3.8) is 0 Å². The van der Waals surface area contributed by atoms with E-state index in [1.807, 2.05) is 45.0 Å². The van der Waals surface area contributed by atoms with E-state index in [-0.39, 0.29) is 17.9 Å². The van der Waals surface area contributed by atoms with E-state index in [4.69, 9.17) is 0 Å². The van der Waals surface area contributed by atoms with Crippen molar-refractivity contribution in [3.8, 4) is 0 Å². The van der Waals surface area contributed by atoms with Crippen LogP contribution in [0, 0.1) is 13.8 Å². The highest BCUT2D eigenvalue weighted by atomic mass is 79.9. The van der Waals surface area contributed by atoms with Crippen LogP contribution in [0.4, 0.5) is 0 Å². The van der Waals surface area contributed by atoms with Gasteiger partial charge in [0.25, 0.3) is 0 Å². The van der Waals surface area contributed by atoms with Gasteiger partial charge in [-0.15, -0.1) is 0 Å². The summed E-state index contributed by atoms with van der Waals surface area (Å²) in [7, 11) is 0. The minimum Gasteiger partial charge on any atom is -0.352 e. The van der Waals surface area contributed by atoms with Crippen molar-refractivity contribution in [2.75, 3.05) is 0 Å². The lowest BCUT2D eigenvalue weighted by Crippen LogP contribution is -2.50. The van der Waals surface area contributed by atoms with Crippen LogP contribution >= 0.6 is 15.9 Å². The molecule has 3 rings (SSSR count). The molecule has 166 valence electrons. The number of aryl methyl sites for hydroxylation is 2. The van der Waals surface area contributed by atoms with E-state index in [9.17, 15) is 9.59 Å². The minimum atomic E-state index is -0.524. The molecule has 0 heterocycles. The molecule has 0 bridgehead atoms. The van der Waals surface area contributed by atoms with E-state index in [2.05, 4.69) is 39.4 Å². The summed E-state index contributed by atoms with van der Waals surface area (Å²) in [5.74, 6) is -0.0861. The number of hydrogen-bond donors (Lipinski definition) is 1. The number of nitrogens with one attached hydrogen (secondary N) is 1. The highest BCUT2D eigenvalue weighted by molar-refractivity contribution is 9.10. The first-order chi connectivity index (χ1) is 14.8. The van der Waals surface area contributed by atoms with E-state index in [1.165, 1.54) is 6.42 Å². The molecule has 31 heavy (non-hydrogen) atoms. The van der Waals surface area contributed by atoms with E-state index in [1.54, 1.807) is 4.90 Å². The molecule has 1 fully saturated rings. The minimum absolute atomic E-state index is 0.0285. The van der Waals surface area contributed by atoms with Crippen molar-refractivity contribution in [2.24, 2.45) is 0 Å². The van der Waals surface area contributed by atoms with Crippen LogP contribution in [0.2, 0.25) is 0 Å². The van der Waals surface area contributed by atoms with Crippen LogP contribution in [-0.4, -0.2) is 28.8 Å². The highest BCUT2D eigenvalue weighted by Crippen LogP contribution is 2.19. The van der Waals surface area contributed by atoms with Gasteiger partial charge in [-0.2, -0.15) is 0 Å². The normalized spacial score (nSPS) is 15.4. The van der Waals surface area contributed by atoms with E-state index < -0.39 is 6.04 Å². The van der Waals surface area contributed by atoms with Gasteiger partial charge in [-0.3, -0.25) is 9.59 Å². The second kappa shape index (κ2) is 10.9. The van der Waals surface area contributed by atoms with Gasteiger partial charge in [0.05, 0.1) is 6.42 Å². The number of nitrogens with zero attached hydrogens (tertiary/aromatic N) is 1. The first-order valence-electron chi connectivity index (χ1n) is 11.2. The molecule has 1 unspecified atom stereocenters. The molecule has 2 aromatic carbocycles. The van der Waals surface area contributed by atoms with Crippen LogP contribution in [-0.2, 0) is 22.6 Å². The summed E-state index contributed by atoms with van der Waals surface area (Å²) in [6, 6.07) is 13.8. The van der Waals surface area contributed by atoms with Crippen LogP contribution in [0.15, 0.2) is 46.9 Å². The highest BCUT2D eigenvalue weighted by Gasteiger charge is 2.28. The molecule has 0 aliphatic heterocycles. The van der Waals surface area contributed by atoms with E-state index in [0.29, 0.717) is 13.0 Å². The SMILES string of the molecule is Cc1cc(C)cc(CC(=O)N(Cc2ccc(Br)cc2)C(C)C(=O)NC2CCCCC2)c1. The van der Waals surface area contributed by atoms with Gasteiger partial charge in [0.15, 0.2) is 0 Å². The molecule has 1 atom stereocenters. The summed E-state index contributed by atoms with van der Waals surface area (Å²) < 4.78 is 0.993. The Morgan fingerprint density at radius 3 is 2.23 bits per heavy atom. The molecule has 1 saturated carbocycles. The molecule has 0 radical (unpaired) electrons. The largest absolute Gasteiger partial charge is 0.352 e. The molecule has 2 aromatic rings. The van der Waals surface area contributed by atoms with E-state index >= 15 is 0 Å². The lowest BCUT2D eigenvalue weighted by atomic mass is 9.95. The number of carbonyl (C=O) groups is 2. The number of benzene rings is 2. The number of halogens is 1. The van der Waals surface area contributed by atoms with E-state index in [0.717, 1.165) is 52.4 Å². The average molecular weight is 485 g/mol. The second-order valence-electron chi connectivity index (χ2n) is 8.84. The van der Waals surface area contributed by atoms with Crippen LogP contribution in [0.1, 0.15) is 61.3 Å². The van der Waals surface area contributed by atoms with Crippen LogP contribution in [0.25, 0.3) is 0 Å². The maximum absolute atomic E-state index is 13.4. The zero-order valence-electron chi connectivity index (χ0n) is 18.8. The van der Waals surface area contributed by atoms with Gasteiger partial charge >= 0.3 is 0 Å². The predicted molar refractivity (Wildman–Crippen MR) is 129 cm³/mol. The third-order valence-electron chi connectivity index (χ3n) is 6.02. The molecule has 4 nitrogen and oxygen atoms in total. The van der Waals surface area contributed by atoms with Crippen LogP contribution < -0.4 is 5.32 Å². The zero-order chi connectivity index (χ0) is 22.4. The molecule has 0 aromatic heterocycles. The summed E-state index contributed by atoms with van der Waals surface area (Å²) in [5, 5.41) is 3.19. The Balaban J connectivity index is 1.77. The van der Waals surface area contributed by atoms with Gasteiger partial charge in [-0.25, -0.2) is 0 Å². The maximum atomic E-state index is 13.4. The fraction of sp³-hybridized carbons (Fsp3) is 0.462. The smallest absolute Gasteiger partial charge is 0.242 e. The van der Waals surface area contributed by atoms with Gasteiger partial charge in [0.2, 0.25) is 11.8 Å². The van der Waals surface area contributed by atoms with Crippen molar-refractivity contribution in [3.05, 3.63) is 69.2 Å². The summed E-state index contributed by atoms with van der Waals surface area (Å²) in [6.45, 7) is 6.34. The number of hydrogen-bond acceptors (Lipinski definition) is 2. The Morgan fingerprint density at radius 2 is 1.61 bits per heavy atom. The van der Waals surface area contributed by atoms with Crippen molar-refractivity contribution >= 4 is 27.7 Å². The molecule has 5 heteroatoms. The summed E-state index contributed by atoms with van der Waals surface area (Å²) >= 11 is 3.46. The Bertz CT molecular complexity index is 884. The predicted octanol–water partition coefficient (Wildman–Crippen LogP) is 5.47. The topological polar surface area (TPSA) is 49.4 Å². The second-order valence-corrected chi connectivity index (χ2v) is 9.76. The Morgan fingerprint density at radius 1 is 1.00 bits per heavy atom. The lowest BCUT2D eigenvalue weighted by molar-refractivity contribution is -0.140. The molecular weight excluding hydrogens is 452 g/mol. The third-order valence-corrected chi connectivity index (χ3v) is 6.55. The van der Waals surface area contributed by atoms with Crippen molar-refractivity contribution in [1.29, 1.82) is 0 Å². The standard InChI is InChI=1S/C26H33BrN2O2/c1-18-13-19(2)15-22(14-18)16-25(30)29(17-21-9-11-23(27)12-10-21)20(3)26(31)28-24-7-5-4-6-8-24/h9-15,20,24H,4-8,16-17H2,1-3H3,(H,28,31). The monoisotopic (exact) mass is 484 g/mol. The molecule has 0 saturated heterocycles. The molecule has 1 N–H and O–H groups in total. The number of rotatable bonds is 7. The van der Waals surface area contributed by atoms with Crippen LogP contribution in [0.5, 0.6) is 0 Å². The van der Waals surface area contributed by atoms with Gasteiger partial charge in [-0.05, 0) is 56.9 Å². The van der Waals surface area contributed by atoms with Gasteiger partial charge in [0, 0.05) is 17.1 Å². The molecule has 1 aliphatic carbocycles. The van der Waals surface area contributed by atoms with Gasteiger partial charge in [0.1, 0.15) is 6.04 Å². The maximum Gasteiger partial charge on any atom is 0.242 e. The molecule has 0 spiro atoms. The Labute approximate surface area is 194 Å². The molecule has 2 amide bonds. The Hall–Kier alpha value is -2.14. The first-order valence-corrected chi connectivity index (χ1v) is 12.0. The van der Waals surface area contributed by atoms with Crippen molar-refractivity contribution in [1.82, 2.24) is 10.2 Å². The molecular formula is C26H33BrN2O2. The average Bonchev–Trinajstić information content (AvgIpc) is 2.72. The summed E-state index contributed by atoms with van der Waals surface area (Å²) in [4.78, 5) is 28.2. The van der Waals surface area contributed by atoms with Gasteiger partial charge < -0.3 is 10.2 Å². The zero-order valence-corrected chi connectivity index (χ0v) is 20.4. The van der Waals surface area contributed by atoms with Crippen molar-refractivity contribution in [2.45, 2.75) is 77.9 Å². The lowest BCUT2D eigenvalue weighted by Gasteiger charge is -2.31. The van der Waals surface area contributed by atoms with Gasteiger partial charge in [-0.1, -0.05) is 76.7 Å². The number of carbonyl (C=O) groups excluding carboxylic acids is 2. The number of amides is 2. The first kappa shape index (κ1) is 23.5. The third kappa shape index (κ3) is 6.93. The van der Waals surface area contributed by atoms with Crippen molar-refractivity contribution < 1.29 is 9.59 Å². The fourth-order valence-corrected chi connectivity index (χ4v) is 4.65. The summed E-state index contributed by atoms with van der Waals surface area (Å²) in [6.07, 6.45) is 5.91. The fourth-order valence-electron chi connectivity index (χ4n) is 4.39.